The molecule has 2 aliphatic heterocycles. The van der Waals surface area contributed by atoms with Crippen LogP contribution in [-0.2, 0) is 9.59 Å². The largest absolute Gasteiger partial charge is 0.329 e. The van der Waals surface area contributed by atoms with Gasteiger partial charge in [-0.1, -0.05) is 5.57 Å². The zero-order valence-electron chi connectivity index (χ0n) is 9.35. The molecule has 0 aromatic heterocycles. The van der Waals surface area contributed by atoms with E-state index in [1.165, 1.54) is 0 Å². The van der Waals surface area contributed by atoms with Crippen LogP contribution in [-0.4, -0.2) is 45.6 Å². The number of carbonyl (C=O) groups is 2. The Morgan fingerprint density at radius 2 is 2.19 bits per heavy atom. The van der Waals surface area contributed by atoms with Gasteiger partial charge in [-0.3, -0.25) is 14.8 Å². The lowest BCUT2D eigenvalue weighted by atomic mass is 10.0. The normalized spacial score (nSPS) is 29.6. The first kappa shape index (κ1) is 11.1. The third kappa shape index (κ3) is 1.61. The highest BCUT2D eigenvalue weighted by Crippen LogP contribution is 2.27. The third-order valence-corrected chi connectivity index (χ3v) is 3.17. The molecule has 2 fully saturated rings. The molecular weight excluding hydrogens is 208 g/mol. The quantitative estimate of drug-likeness (QED) is 0.550. The van der Waals surface area contributed by atoms with Gasteiger partial charge < -0.3 is 4.90 Å². The average Bonchev–Trinajstić information content (AvgIpc) is 2.70. The zero-order valence-corrected chi connectivity index (χ0v) is 9.35. The summed E-state index contributed by atoms with van der Waals surface area (Å²) in [6, 6.07) is -1.22. The summed E-state index contributed by atoms with van der Waals surface area (Å²) >= 11 is 0. The summed E-state index contributed by atoms with van der Waals surface area (Å²) in [5.74, 6) is -0.518. The van der Waals surface area contributed by atoms with Gasteiger partial charge in [0.25, 0.3) is 5.91 Å². The standard InChI is InChI=1S/C11H16N2O3/c1-7(2)6-9-10(14)12-5-3-4-8(12)11(15)13(9)16/h8-9,16H,1,3-6H2,2H3/t8-,9?/m0/s1. The van der Waals surface area contributed by atoms with Gasteiger partial charge in [0.15, 0.2) is 0 Å². The second kappa shape index (κ2) is 3.90. The molecule has 0 saturated carbocycles. The molecule has 0 aromatic rings. The van der Waals surface area contributed by atoms with Crippen LogP contribution in [0, 0.1) is 0 Å². The number of nitrogens with zero attached hydrogens (tertiary/aromatic N) is 2. The second-order valence-electron chi connectivity index (χ2n) is 4.55. The van der Waals surface area contributed by atoms with Crippen molar-refractivity contribution in [1.29, 1.82) is 0 Å². The SMILES string of the molecule is C=C(C)CC1C(=O)N2CCC[C@H]2C(=O)N1O. The monoisotopic (exact) mass is 224 g/mol. The van der Waals surface area contributed by atoms with Gasteiger partial charge in [0.05, 0.1) is 0 Å². The zero-order chi connectivity index (χ0) is 11.9. The van der Waals surface area contributed by atoms with E-state index in [1.54, 1.807) is 11.8 Å². The molecule has 2 amide bonds. The lowest BCUT2D eigenvalue weighted by Gasteiger charge is -2.38. The Morgan fingerprint density at radius 1 is 1.50 bits per heavy atom. The van der Waals surface area contributed by atoms with E-state index >= 15 is 0 Å². The van der Waals surface area contributed by atoms with Crippen LogP contribution in [0.1, 0.15) is 26.2 Å². The van der Waals surface area contributed by atoms with Crippen molar-refractivity contribution in [3.63, 3.8) is 0 Å². The van der Waals surface area contributed by atoms with Gasteiger partial charge in [0, 0.05) is 6.54 Å². The summed E-state index contributed by atoms with van der Waals surface area (Å²) in [5.41, 5.74) is 0.780. The summed E-state index contributed by atoms with van der Waals surface area (Å²) in [4.78, 5) is 25.4. The van der Waals surface area contributed by atoms with Crippen LogP contribution in [0.25, 0.3) is 0 Å². The van der Waals surface area contributed by atoms with Crippen molar-refractivity contribution in [1.82, 2.24) is 9.96 Å². The molecule has 88 valence electrons. The average molecular weight is 224 g/mol. The summed E-state index contributed by atoms with van der Waals surface area (Å²) in [7, 11) is 0. The predicted octanol–water partition coefficient (Wildman–Crippen LogP) is 0.544. The van der Waals surface area contributed by atoms with Crippen LogP contribution < -0.4 is 0 Å². The maximum Gasteiger partial charge on any atom is 0.269 e. The minimum atomic E-state index is -0.778. The lowest BCUT2D eigenvalue weighted by molar-refractivity contribution is -0.197. The van der Waals surface area contributed by atoms with E-state index in [9.17, 15) is 14.8 Å². The molecule has 1 unspecified atom stereocenters. The molecule has 0 spiro atoms. The molecule has 2 atom stereocenters. The van der Waals surface area contributed by atoms with Crippen LogP contribution in [0.4, 0.5) is 0 Å². The third-order valence-electron chi connectivity index (χ3n) is 3.17. The summed E-state index contributed by atoms with van der Waals surface area (Å²) in [6.45, 7) is 6.11. The number of piperazine rings is 1. The van der Waals surface area contributed by atoms with Gasteiger partial charge in [-0.15, -0.1) is 6.58 Å². The first-order valence-electron chi connectivity index (χ1n) is 5.49. The minimum absolute atomic E-state index is 0.160. The van der Waals surface area contributed by atoms with Crippen molar-refractivity contribution in [2.24, 2.45) is 0 Å². The van der Waals surface area contributed by atoms with Crippen molar-refractivity contribution in [3.8, 4) is 0 Å². The number of fused-ring (bicyclic) bond motifs is 1. The fraction of sp³-hybridized carbons (Fsp3) is 0.636. The fourth-order valence-electron chi connectivity index (χ4n) is 2.39. The van der Waals surface area contributed by atoms with Crippen molar-refractivity contribution < 1.29 is 14.8 Å². The van der Waals surface area contributed by atoms with E-state index in [0.29, 0.717) is 24.4 Å². The smallest absolute Gasteiger partial charge is 0.269 e. The van der Waals surface area contributed by atoms with E-state index in [1.807, 2.05) is 0 Å². The maximum atomic E-state index is 12.0. The maximum absolute atomic E-state index is 12.0. The van der Waals surface area contributed by atoms with E-state index in [4.69, 9.17) is 0 Å². The highest BCUT2D eigenvalue weighted by molar-refractivity contribution is 5.96. The summed E-state index contributed by atoms with van der Waals surface area (Å²) < 4.78 is 0. The van der Waals surface area contributed by atoms with Crippen molar-refractivity contribution >= 4 is 11.8 Å². The van der Waals surface area contributed by atoms with Crippen LogP contribution in [0.5, 0.6) is 0 Å². The van der Waals surface area contributed by atoms with E-state index in [-0.39, 0.29) is 11.8 Å². The van der Waals surface area contributed by atoms with Crippen molar-refractivity contribution in [3.05, 3.63) is 12.2 Å². The van der Waals surface area contributed by atoms with E-state index in [2.05, 4.69) is 6.58 Å². The Labute approximate surface area is 94.3 Å². The van der Waals surface area contributed by atoms with Gasteiger partial charge in [-0.05, 0) is 26.2 Å². The molecule has 2 aliphatic rings. The number of hydrogen-bond donors (Lipinski definition) is 1. The summed E-state index contributed by atoms with van der Waals surface area (Å²) in [5, 5.41) is 10.3. The molecule has 2 saturated heterocycles. The van der Waals surface area contributed by atoms with Crippen LogP contribution >= 0.6 is 0 Å². The predicted molar refractivity (Wildman–Crippen MR) is 56.6 cm³/mol. The Balaban J connectivity index is 2.23. The van der Waals surface area contributed by atoms with E-state index < -0.39 is 12.1 Å². The second-order valence-corrected chi connectivity index (χ2v) is 4.55. The lowest BCUT2D eigenvalue weighted by Crippen LogP contribution is -2.61. The molecule has 5 heteroatoms. The number of rotatable bonds is 2. The molecule has 5 nitrogen and oxygen atoms in total. The van der Waals surface area contributed by atoms with Crippen LogP contribution in [0.3, 0.4) is 0 Å². The number of carbonyl (C=O) groups excluding carboxylic acids is 2. The van der Waals surface area contributed by atoms with E-state index in [0.717, 1.165) is 12.0 Å². The van der Waals surface area contributed by atoms with Crippen LogP contribution in [0.2, 0.25) is 0 Å². The van der Waals surface area contributed by atoms with Crippen molar-refractivity contribution in [2.45, 2.75) is 38.3 Å². The number of hydroxylamine groups is 2. The number of hydrogen-bond acceptors (Lipinski definition) is 3. The van der Waals surface area contributed by atoms with Gasteiger partial charge in [0.1, 0.15) is 12.1 Å². The molecule has 16 heavy (non-hydrogen) atoms. The first-order valence-corrected chi connectivity index (χ1v) is 5.49. The Kier molecular flexibility index (Phi) is 2.71. The van der Waals surface area contributed by atoms with Gasteiger partial charge >= 0.3 is 0 Å². The Bertz CT molecular complexity index is 353. The fourth-order valence-corrected chi connectivity index (χ4v) is 2.39. The van der Waals surface area contributed by atoms with Crippen molar-refractivity contribution in [2.75, 3.05) is 6.54 Å². The Hall–Kier alpha value is -1.36. The van der Waals surface area contributed by atoms with Gasteiger partial charge in [0.2, 0.25) is 5.91 Å². The molecule has 0 bridgehead atoms. The minimum Gasteiger partial charge on any atom is -0.329 e. The van der Waals surface area contributed by atoms with Crippen LogP contribution in [0.15, 0.2) is 12.2 Å². The molecule has 0 aromatic carbocycles. The highest BCUT2D eigenvalue weighted by Gasteiger charge is 2.47. The number of amides is 2. The molecule has 2 rings (SSSR count). The first-order chi connectivity index (χ1) is 7.52. The molecule has 0 aliphatic carbocycles. The van der Waals surface area contributed by atoms with Gasteiger partial charge in [-0.2, -0.15) is 0 Å². The topological polar surface area (TPSA) is 60.9 Å². The molecule has 2 heterocycles. The molecular formula is C11H16N2O3. The highest BCUT2D eigenvalue weighted by atomic mass is 16.5. The summed E-state index contributed by atoms with van der Waals surface area (Å²) in [6.07, 6.45) is 1.81. The molecule has 0 radical (unpaired) electrons. The molecule has 1 N–H and O–H groups in total. The Morgan fingerprint density at radius 3 is 2.81 bits per heavy atom. The van der Waals surface area contributed by atoms with Gasteiger partial charge in [-0.25, -0.2) is 5.06 Å².